The number of carbonyl (C=O) groups excluding carboxylic acids is 3. The molecule has 0 saturated carbocycles. The third-order valence-corrected chi connectivity index (χ3v) is 20.5. The molecule has 0 aliphatic carbocycles. The quantitative estimate of drug-likeness (QED) is 0.00957. The number of fused-ring (bicyclic) bond motifs is 1. The molecule has 0 aromatic heterocycles. The number of ether oxygens (including phenoxy) is 16. The van der Waals surface area contributed by atoms with Crippen LogP contribution in [0.5, 0.6) is 57.5 Å². The van der Waals surface area contributed by atoms with Crippen LogP contribution in [0.15, 0.2) is 115 Å². The molecule has 26 N–H and O–H groups in total. The van der Waals surface area contributed by atoms with E-state index in [-0.39, 0.29) is 62.3 Å². The van der Waals surface area contributed by atoms with E-state index in [2.05, 4.69) is 0 Å². The van der Waals surface area contributed by atoms with Gasteiger partial charge in [0.05, 0.1) is 31.5 Å². The lowest BCUT2D eigenvalue weighted by Crippen LogP contribution is -2.64. The molecule has 7 heterocycles. The summed E-state index contributed by atoms with van der Waals surface area (Å²) in [6.45, 7) is -5.05. The summed E-state index contributed by atoms with van der Waals surface area (Å²) in [4.78, 5) is 39.8. The molecule has 1 unspecified atom stereocenters. The monoisotopic (exact) mass is 1730 g/mol. The molecule has 0 bridgehead atoms. The Morgan fingerprint density at radius 2 is 0.697 bits per heavy atom. The molecule has 666 valence electrons. The van der Waals surface area contributed by atoms with Crippen LogP contribution in [-0.4, -0.2) is 374 Å². The highest BCUT2D eigenvalue weighted by Crippen LogP contribution is 2.48. The molecular weight excluding hydrogens is 1640 g/mol. The van der Waals surface area contributed by atoms with Crippen molar-refractivity contribution in [2.45, 2.75) is 190 Å². The minimum atomic E-state index is -2.29. The molecule has 0 spiro atoms. The number of aromatic hydroxyl groups is 6. The van der Waals surface area contributed by atoms with Crippen molar-refractivity contribution in [1.29, 1.82) is 0 Å². The SMILES string of the molecule is O=C(/C=C/c1ccc(O)c(O[C@@H]2O[C@@H](CO)[C@@H](O)[C@H](O)[C@@H]2O)c1)OC[C@@H]1O[C@@H](O[C@@H]2[C@H](OC3=Cc4c(O[C@@H]5O[C@H](CO)[C@@H](O)[C@H](O)[C@H]5O)cc(O)cc4[OH+]C3c3ccc(O)cc3)O[C@@H](COC(=O)/C=C/c3ccc(O[C@@H]4O[C@H](COC(=O)/C=C/c5ccc(O)c(O[C@@H]6O[C@H](CO)[C@@H](O)[C@H](O)[C@H]6O)c5)[C@@H](O)[C@H](O)[C@H]4O)c(O)c3)[C@@H](O)[C@@H]2O)[C@H](O)[C@@H](O)[C@@H]1O. The first-order valence-corrected chi connectivity index (χ1v) is 37.6. The Hall–Kier alpha value is -9.81. The van der Waals surface area contributed by atoms with Gasteiger partial charge in [-0.3, -0.25) is 0 Å². The van der Waals surface area contributed by atoms with Gasteiger partial charge in [0.1, 0.15) is 183 Å². The maximum absolute atomic E-state index is 13.6. The number of esters is 3. The summed E-state index contributed by atoms with van der Waals surface area (Å²) in [7, 11) is 0. The highest BCUT2D eigenvalue weighted by Gasteiger charge is 2.55. The zero-order valence-corrected chi connectivity index (χ0v) is 63.3. The van der Waals surface area contributed by atoms with Crippen LogP contribution in [0.2, 0.25) is 0 Å². The Morgan fingerprint density at radius 3 is 1.12 bits per heavy atom. The first kappa shape index (κ1) is 91.4. The van der Waals surface area contributed by atoms with Crippen LogP contribution < -0.4 is 18.9 Å². The molecule has 44 nitrogen and oxygen atoms in total. The van der Waals surface area contributed by atoms with E-state index in [0.29, 0.717) is 0 Å². The molecule has 0 radical (unpaired) electrons. The molecule has 6 fully saturated rings. The van der Waals surface area contributed by atoms with E-state index in [4.69, 9.17) is 75.8 Å². The van der Waals surface area contributed by atoms with Crippen molar-refractivity contribution in [3.8, 4) is 57.5 Å². The topological polar surface area (TPSA) is 708 Å². The van der Waals surface area contributed by atoms with E-state index in [0.717, 1.165) is 66.8 Å². The number of aliphatic hydroxyl groups excluding tert-OH is 20. The van der Waals surface area contributed by atoms with Crippen LogP contribution in [-0.2, 0) is 66.5 Å². The van der Waals surface area contributed by atoms with Crippen molar-refractivity contribution in [3.63, 3.8) is 0 Å². The molecule has 6 saturated heterocycles. The van der Waals surface area contributed by atoms with Crippen molar-refractivity contribution in [1.82, 2.24) is 0 Å². The number of aliphatic hydroxyl groups is 21. The Kier molecular flexibility index (Phi) is 29.8. The zero-order chi connectivity index (χ0) is 88.0. The van der Waals surface area contributed by atoms with E-state index < -0.39 is 277 Å². The van der Waals surface area contributed by atoms with Gasteiger partial charge in [0.15, 0.2) is 52.7 Å². The van der Waals surface area contributed by atoms with Crippen molar-refractivity contribution < 1.29 is 218 Å². The van der Waals surface area contributed by atoms with Gasteiger partial charge in [-0.05, 0) is 95.6 Å². The van der Waals surface area contributed by atoms with Gasteiger partial charge in [-0.15, -0.1) is 0 Å². The van der Waals surface area contributed by atoms with Crippen LogP contribution in [0.25, 0.3) is 24.3 Å². The van der Waals surface area contributed by atoms with Crippen LogP contribution >= 0.6 is 0 Å². The predicted octanol–water partition coefficient (Wildman–Crippen LogP) is -7.30. The summed E-state index contributed by atoms with van der Waals surface area (Å²) >= 11 is 0. The second-order valence-corrected chi connectivity index (χ2v) is 29.0. The van der Waals surface area contributed by atoms with E-state index >= 15 is 0 Å². The summed E-state index contributed by atoms with van der Waals surface area (Å²) in [5.74, 6) is -7.57. The smallest absolute Gasteiger partial charge is 0.330 e. The second-order valence-electron chi connectivity index (χ2n) is 29.0. The van der Waals surface area contributed by atoms with Gasteiger partial charge in [0.2, 0.25) is 31.5 Å². The largest absolute Gasteiger partial charge is 0.571 e. The van der Waals surface area contributed by atoms with Gasteiger partial charge in [-0.1, -0.05) is 18.2 Å². The Morgan fingerprint density at radius 1 is 0.336 bits per heavy atom. The average molecular weight is 1730 g/mol. The predicted molar refractivity (Wildman–Crippen MR) is 397 cm³/mol. The van der Waals surface area contributed by atoms with Gasteiger partial charge in [-0.2, -0.15) is 0 Å². The fourth-order valence-electron chi connectivity index (χ4n) is 13.6. The molecule has 12 rings (SSSR count). The fraction of sp³-hybridized carbons (Fsp3) is 0.474. The summed E-state index contributed by atoms with van der Waals surface area (Å²) < 4.78 is 90.2. The lowest BCUT2D eigenvalue weighted by Gasteiger charge is -2.46. The second kappa shape index (κ2) is 39.8. The summed E-state index contributed by atoms with van der Waals surface area (Å²) in [5, 5.41) is 267. The Bertz CT molecular complexity index is 4520. The highest BCUT2D eigenvalue weighted by molar-refractivity contribution is 5.88. The number of benzene rings is 5. The van der Waals surface area contributed by atoms with E-state index in [1.54, 1.807) is 0 Å². The van der Waals surface area contributed by atoms with Gasteiger partial charge >= 0.3 is 17.9 Å². The first-order chi connectivity index (χ1) is 58.1. The van der Waals surface area contributed by atoms with Crippen molar-refractivity contribution in [2.24, 2.45) is 0 Å². The van der Waals surface area contributed by atoms with Gasteiger partial charge in [0, 0.05) is 30.4 Å². The van der Waals surface area contributed by atoms with E-state index in [1.807, 2.05) is 0 Å². The summed E-state index contributed by atoms with van der Waals surface area (Å²) in [6, 6.07) is 18.2. The third kappa shape index (κ3) is 20.8. The molecule has 7 aliphatic rings. The van der Waals surface area contributed by atoms with E-state index in [1.165, 1.54) is 66.7 Å². The third-order valence-electron chi connectivity index (χ3n) is 20.5. The number of carbonyl (C=O) groups is 3. The molecule has 31 atom stereocenters. The molecule has 122 heavy (non-hydrogen) atoms. The van der Waals surface area contributed by atoms with Gasteiger partial charge in [-0.25, -0.2) is 14.4 Å². The van der Waals surface area contributed by atoms with Crippen molar-refractivity contribution >= 4 is 42.2 Å². The van der Waals surface area contributed by atoms with Crippen LogP contribution in [0.3, 0.4) is 0 Å². The average Bonchev–Trinajstić information content (AvgIpc) is 0.762. The molecular formula is C78H91O44+. The van der Waals surface area contributed by atoms with Gasteiger partial charge in [0.25, 0.3) is 11.9 Å². The molecule has 5 aromatic rings. The number of hydrogen-bond donors (Lipinski definition) is 25. The minimum Gasteiger partial charge on any atom is -0.571 e. The Balaban J connectivity index is 0.730. The lowest BCUT2D eigenvalue weighted by molar-refractivity contribution is -0.364. The summed E-state index contributed by atoms with van der Waals surface area (Å²) in [5.41, 5.74) is 0.524. The van der Waals surface area contributed by atoms with Crippen LogP contribution in [0.1, 0.15) is 33.9 Å². The van der Waals surface area contributed by atoms with Crippen molar-refractivity contribution in [3.05, 3.63) is 143 Å². The van der Waals surface area contributed by atoms with E-state index in [9.17, 15) is 142 Å². The number of phenols is 5. The highest BCUT2D eigenvalue weighted by atomic mass is 16.8. The molecule has 7 aliphatic heterocycles. The number of phenolic OH excluding ortho intramolecular Hbond substituents is 5. The van der Waals surface area contributed by atoms with Crippen molar-refractivity contribution in [2.75, 3.05) is 39.6 Å². The maximum atomic E-state index is 13.6. The maximum Gasteiger partial charge on any atom is 0.330 e. The fourth-order valence-corrected chi connectivity index (χ4v) is 13.6. The summed E-state index contributed by atoms with van der Waals surface area (Å²) in [6.07, 6.45) is -50.4. The molecule has 44 heteroatoms. The Labute approximate surface area is 688 Å². The number of rotatable bonds is 28. The molecule has 0 amide bonds. The number of hydrogen-bond acceptors (Lipinski definition) is 43. The van der Waals surface area contributed by atoms with Crippen LogP contribution in [0, 0.1) is 0 Å². The van der Waals surface area contributed by atoms with Gasteiger partial charge < -0.3 is 203 Å². The zero-order valence-electron chi connectivity index (χ0n) is 63.3. The first-order valence-electron chi connectivity index (χ1n) is 37.6. The molecule has 5 aromatic carbocycles. The minimum absolute atomic E-state index is 0.0648. The normalized spacial score (nSPS) is 35.4. The lowest BCUT2D eigenvalue weighted by atomic mass is 9.97. The standard InChI is InChI=1S/C78H90O44/c79-23-45-54(90)60(96)66(102)74(116-45)112-41-21-34(83)20-40-35(41)22-44(71(110-40)32-7-9-33(82)10-8-32)115-78-72(122-77-70(106)64(100)58(94)49(120-77)27-108-53(89)16-6-31-2-12-37(85)43(19-31)114-76-68(104)62(98)56(92)47(25-81)118-76)65(101)59(95)50(121-78)28-109-51(87)14-4-29-3-13-39(38(86)17-29)111-73-69(105)63(99)57(93)48(119-73)26-107-52(88)15-5-30-1-11-36(84)42(18-30)113-75-67(103)61(97)55(91)46(24-80)117-75/h1-22,45-50,54-86,90-106H,23-28H2/p+1/b14-4+,15-5+,16-6+/t45-,46-,47+,48-,49+,50+,54-,55-,56-,57-,58-,59-,60+,61+,62+,63+,64+,65+,66-,67-,68+,69-,70-,71?,72+,73-,74-,75-,76-,77+,78-/m1/s1. The van der Waals surface area contributed by atoms with Crippen LogP contribution in [0.4, 0.5) is 0 Å².